The third-order valence-electron chi connectivity index (χ3n) is 3.08. The van der Waals surface area contributed by atoms with Crippen LogP contribution < -0.4 is 11.1 Å². The number of nitrogen functional groups attached to an aromatic ring is 1. The van der Waals surface area contributed by atoms with E-state index in [-0.39, 0.29) is 11.6 Å². The zero-order chi connectivity index (χ0) is 15.2. The van der Waals surface area contributed by atoms with E-state index in [4.69, 9.17) is 5.73 Å². The van der Waals surface area contributed by atoms with Crippen molar-refractivity contribution in [3.05, 3.63) is 65.5 Å². The monoisotopic (exact) mass is 284 g/mol. The Kier molecular flexibility index (Phi) is 4.72. The lowest BCUT2D eigenvalue weighted by Crippen LogP contribution is -2.07. The first-order valence-corrected chi connectivity index (χ1v) is 6.71. The zero-order valence-corrected chi connectivity index (χ0v) is 11.8. The topological polar surface area (TPSA) is 55.1 Å². The van der Waals surface area contributed by atoms with E-state index in [2.05, 4.69) is 12.2 Å². The standard InChI is InChI=1S/C17H17FN2O/c1-2-12-3-7-14(8-4-12)20-17(21)10-6-13-5-9-15(18)16(19)11-13/h3-11H,2,19H2,1H3,(H,20,21)/b10-6+. The van der Waals surface area contributed by atoms with E-state index in [0.29, 0.717) is 5.56 Å². The highest BCUT2D eigenvalue weighted by Crippen LogP contribution is 2.14. The summed E-state index contributed by atoms with van der Waals surface area (Å²) in [5, 5.41) is 2.76. The second-order valence-electron chi connectivity index (χ2n) is 4.65. The highest BCUT2D eigenvalue weighted by Gasteiger charge is 2.00. The number of nitrogens with one attached hydrogen (secondary N) is 1. The van der Waals surface area contributed by atoms with Gasteiger partial charge in [0.2, 0.25) is 5.91 Å². The van der Waals surface area contributed by atoms with E-state index in [9.17, 15) is 9.18 Å². The first kappa shape index (κ1) is 14.8. The summed E-state index contributed by atoms with van der Waals surface area (Å²) in [6, 6.07) is 12.0. The lowest BCUT2D eigenvalue weighted by molar-refractivity contribution is -0.111. The molecule has 3 nitrogen and oxygen atoms in total. The van der Waals surface area contributed by atoms with Crippen LogP contribution in [-0.4, -0.2) is 5.91 Å². The van der Waals surface area contributed by atoms with Crippen LogP contribution in [0.2, 0.25) is 0 Å². The molecule has 2 aromatic carbocycles. The van der Waals surface area contributed by atoms with Crippen molar-refractivity contribution in [2.24, 2.45) is 0 Å². The minimum Gasteiger partial charge on any atom is -0.396 e. The molecule has 1 amide bonds. The molecule has 2 aromatic rings. The van der Waals surface area contributed by atoms with Crippen LogP contribution in [-0.2, 0) is 11.2 Å². The van der Waals surface area contributed by atoms with Crippen molar-refractivity contribution < 1.29 is 9.18 Å². The second kappa shape index (κ2) is 6.70. The second-order valence-corrected chi connectivity index (χ2v) is 4.65. The number of halogens is 1. The molecule has 0 aliphatic rings. The Labute approximate surface area is 123 Å². The van der Waals surface area contributed by atoms with Gasteiger partial charge >= 0.3 is 0 Å². The van der Waals surface area contributed by atoms with Gasteiger partial charge in [-0.3, -0.25) is 4.79 Å². The van der Waals surface area contributed by atoms with E-state index in [1.807, 2.05) is 24.3 Å². The van der Waals surface area contributed by atoms with Crippen molar-refractivity contribution in [2.75, 3.05) is 11.1 Å². The molecule has 0 saturated heterocycles. The summed E-state index contributed by atoms with van der Waals surface area (Å²) in [5.74, 6) is -0.713. The molecule has 0 aliphatic carbocycles. The summed E-state index contributed by atoms with van der Waals surface area (Å²) >= 11 is 0. The van der Waals surface area contributed by atoms with Gasteiger partial charge in [0.15, 0.2) is 0 Å². The Balaban J connectivity index is 1.99. The number of benzene rings is 2. The van der Waals surface area contributed by atoms with E-state index in [0.717, 1.165) is 12.1 Å². The van der Waals surface area contributed by atoms with E-state index < -0.39 is 5.82 Å². The Morgan fingerprint density at radius 2 is 1.95 bits per heavy atom. The number of amides is 1. The highest BCUT2D eigenvalue weighted by molar-refractivity contribution is 6.01. The van der Waals surface area contributed by atoms with Gasteiger partial charge in [-0.05, 0) is 47.9 Å². The Morgan fingerprint density at radius 3 is 2.57 bits per heavy atom. The maximum atomic E-state index is 13.0. The molecule has 2 rings (SSSR count). The molecule has 0 radical (unpaired) electrons. The number of carbonyl (C=O) groups excluding carboxylic acids is 1. The molecule has 0 spiro atoms. The molecular formula is C17H17FN2O. The van der Waals surface area contributed by atoms with Crippen molar-refractivity contribution in [2.45, 2.75) is 13.3 Å². The molecule has 108 valence electrons. The number of hydrogen-bond donors (Lipinski definition) is 2. The largest absolute Gasteiger partial charge is 0.396 e. The zero-order valence-electron chi connectivity index (χ0n) is 11.8. The van der Waals surface area contributed by atoms with Gasteiger partial charge in [-0.15, -0.1) is 0 Å². The quantitative estimate of drug-likeness (QED) is 0.665. The van der Waals surface area contributed by atoms with Gasteiger partial charge in [0.1, 0.15) is 5.82 Å². The average molecular weight is 284 g/mol. The fourth-order valence-corrected chi connectivity index (χ4v) is 1.85. The predicted octanol–water partition coefficient (Wildman–Crippen LogP) is 3.62. The molecule has 0 aliphatic heterocycles. The Bertz CT molecular complexity index is 663. The number of anilines is 2. The van der Waals surface area contributed by atoms with E-state index >= 15 is 0 Å². The van der Waals surface area contributed by atoms with Gasteiger partial charge in [-0.2, -0.15) is 0 Å². The summed E-state index contributed by atoms with van der Waals surface area (Å²) in [7, 11) is 0. The number of nitrogens with two attached hydrogens (primary N) is 1. The molecule has 0 heterocycles. The van der Waals surface area contributed by atoms with Crippen molar-refractivity contribution in [3.8, 4) is 0 Å². The van der Waals surface area contributed by atoms with Gasteiger partial charge in [-0.25, -0.2) is 4.39 Å². The molecule has 0 aromatic heterocycles. The smallest absolute Gasteiger partial charge is 0.248 e. The van der Waals surface area contributed by atoms with Crippen molar-refractivity contribution in [3.63, 3.8) is 0 Å². The molecule has 3 N–H and O–H groups in total. The number of hydrogen-bond acceptors (Lipinski definition) is 2. The predicted molar refractivity (Wildman–Crippen MR) is 84.3 cm³/mol. The maximum Gasteiger partial charge on any atom is 0.248 e. The van der Waals surface area contributed by atoms with E-state index in [1.54, 1.807) is 12.1 Å². The first-order chi connectivity index (χ1) is 10.1. The third-order valence-corrected chi connectivity index (χ3v) is 3.08. The SMILES string of the molecule is CCc1ccc(NC(=O)/C=C/c2ccc(F)c(N)c2)cc1. The summed E-state index contributed by atoms with van der Waals surface area (Å²) in [6.07, 6.45) is 3.94. The lowest BCUT2D eigenvalue weighted by Gasteiger charge is -2.03. The fourth-order valence-electron chi connectivity index (χ4n) is 1.85. The third kappa shape index (κ3) is 4.18. The molecule has 0 bridgehead atoms. The summed E-state index contributed by atoms with van der Waals surface area (Å²) in [5.41, 5.74) is 8.15. The van der Waals surface area contributed by atoms with Gasteiger partial charge in [0.05, 0.1) is 5.69 Å². The number of aryl methyl sites for hydroxylation is 1. The molecule has 0 fully saturated rings. The summed E-state index contributed by atoms with van der Waals surface area (Å²) < 4.78 is 13.0. The van der Waals surface area contributed by atoms with Gasteiger partial charge in [0, 0.05) is 11.8 Å². The normalized spacial score (nSPS) is 10.8. The van der Waals surface area contributed by atoms with Gasteiger partial charge in [-0.1, -0.05) is 25.1 Å². The van der Waals surface area contributed by atoms with Crippen molar-refractivity contribution in [1.82, 2.24) is 0 Å². The summed E-state index contributed by atoms with van der Waals surface area (Å²) in [6.45, 7) is 2.07. The maximum absolute atomic E-state index is 13.0. The minimum atomic E-state index is -0.465. The van der Waals surface area contributed by atoms with Crippen molar-refractivity contribution >= 4 is 23.4 Å². The van der Waals surface area contributed by atoms with Crippen LogP contribution in [0, 0.1) is 5.82 Å². The molecule has 0 unspecified atom stereocenters. The lowest BCUT2D eigenvalue weighted by atomic mass is 10.1. The molecule has 4 heteroatoms. The fraction of sp³-hybridized carbons (Fsp3) is 0.118. The van der Waals surface area contributed by atoms with Crippen LogP contribution >= 0.6 is 0 Å². The highest BCUT2D eigenvalue weighted by atomic mass is 19.1. The number of carbonyl (C=O) groups is 1. The summed E-state index contributed by atoms with van der Waals surface area (Å²) in [4.78, 5) is 11.8. The number of rotatable bonds is 4. The van der Waals surface area contributed by atoms with Crippen LogP contribution in [0.4, 0.5) is 15.8 Å². The van der Waals surface area contributed by atoms with Crippen molar-refractivity contribution in [1.29, 1.82) is 0 Å². The van der Waals surface area contributed by atoms with Crippen LogP contribution in [0.5, 0.6) is 0 Å². The average Bonchev–Trinajstić information content (AvgIpc) is 2.49. The van der Waals surface area contributed by atoms with Gasteiger partial charge in [0.25, 0.3) is 0 Å². The Morgan fingerprint density at radius 1 is 1.24 bits per heavy atom. The first-order valence-electron chi connectivity index (χ1n) is 6.71. The van der Waals surface area contributed by atoms with E-state index in [1.165, 1.54) is 23.8 Å². The Hall–Kier alpha value is -2.62. The van der Waals surface area contributed by atoms with Crippen LogP contribution in [0.3, 0.4) is 0 Å². The molecular weight excluding hydrogens is 267 g/mol. The minimum absolute atomic E-state index is 0.0627. The van der Waals surface area contributed by atoms with Crippen LogP contribution in [0.25, 0.3) is 6.08 Å². The molecule has 0 atom stereocenters. The van der Waals surface area contributed by atoms with Crippen LogP contribution in [0.1, 0.15) is 18.1 Å². The molecule has 0 saturated carbocycles. The molecule has 21 heavy (non-hydrogen) atoms. The van der Waals surface area contributed by atoms with Gasteiger partial charge < -0.3 is 11.1 Å². The van der Waals surface area contributed by atoms with Crippen LogP contribution in [0.15, 0.2) is 48.5 Å².